The Balaban J connectivity index is 1.47. The highest BCUT2D eigenvalue weighted by Crippen LogP contribution is 2.35. The largest absolute Gasteiger partial charge is 0.493 e. The first-order valence-corrected chi connectivity index (χ1v) is 17.2. The fraction of sp³-hybridized carbons (Fsp3) is 0.500. The number of thiazole rings is 1. The first-order chi connectivity index (χ1) is 19.9. The number of allylic oxidation sites excluding steroid dienone is 5. The summed E-state index contributed by atoms with van der Waals surface area (Å²) in [4.78, 5) is 21.1. The van der Waals surface area contributed by atoms with Gasteiger partial charge in [-0.3, -0.25) is 9.69 Å². The number of aliphatic carboxylic acids is 1. The smallest absolute Gasteiger partial charge is 0.309 e. The number of sulfone groups is 1. The number of hydrogen-bond donors (Lipinski definition) is 1. The van der Waals surface area contributed by atoms with E-state index in [1.165, 1.54) is 5.56 Å². The molecule has 2 aliphatic heterocycles. The van der Waals surface area contributed by atoms with Crippen LogP contribution in [0.4, 0.5) is 5.13 Å². The number of aryl methyl sites for hydroxylation is 1. The zero-order valence-electron chi connectivity index (χ0n) is 25.2. The summed E-state index contributed by atoms with van der Waals surface area (Å²) >= 11 is 1.57. The van der Waals surface area contributed by atoms with Crippen molar-refractivity contribution >= 4 is 37.8 Å². The van der Waals surface area contributed by atoms with Crippen molar-refractivity contribution in [2.75, 3.05) is 42.6 Å². The molecule has 1 aromatic heterocycles. The molecule has 1 unspecified atom stereocenters. The molecule has 0 amide bonds. The molecule has 1 aromatic carbocycles. The van der Waals surface area contributed by atoms with Gasteiger partial charge in [0.1, 0.15) is 12.4 Å². The number of ether oxygens (including phenoxy) is 1. The molecule has 1 atom stereocenters. The Kier molecular flexibility index (Phi) is 10.3. The van der Waals surface area contributed by atoms with Gasteiger partial charge in [-0.15, -0.1) is 11.3 Å². The lowest BCUT2D eigenvalue weighted by atomic mass is 9.83. The van der Waals surface area contributed by atoms with E-state index >= 15 is 0 Å². The van der Waals surface area contributed by atoms with E-state index in [0.29, 0.717) is 39.1 Å². The van der Waals surface area contributed by atoms with Crippen LogP contribution >= 0.6 is 11.3 Å². The molecule has 0 bridgehead atoms. The number of carboxylic acids is 1. The molecule has 0 radical (unpaired) electrons. The number of benzene rings is 1. The van der Waals surface area contributed by atoms with Crippen molar-refractivity contribution in [1.82, 2.24) is 9.88 Å². The average Bonchev–Trinajstić information content (AvgIpc) is 3.34. The minimum atomic E-state index is -2.89. The van der Waals surface area contributed by atoms with Crippen molar-refractivity contribution in [2.24, 2.45) is 5.41 Å². The summed E-state index contributed by atoms with van der Waals surface area (Å²) < 4.78 is 29.8. The Morgan fingerprint density at radius 3 is 2.60 bits per heavy atom. The van der Waals surface area contributed by atoms with Crippen LogP contribution in [-0.2, 0) is 32.5 Å². The third-order valence-electron chi connectivity index (χ3n) is 8.41. The second kappa shape index (κ2) is 13.6. The summed E-state index contributed by atoms with van der Waals surface area (Å²) in [5.74, 6) is 0.500. The van der Waals surface area contributed by atoms with Gasteiger partial charge in [-0.05, 0) is 69.7 Å². The predicted molar refractivity (Wildman–Crippen MR) is 170 cm³/mol. The second-order valence-electron chi connectivity index (χ2n) is 11.8. The van der Waals surface area contributed by atoms with E-state index in [1.54, 1.807) is 11.3 Å². The standard InChI is InChI=1S/C32H43N3O5S2/c1-6-23(2)18-28(29-22-41-31(33-29)35-12-7-10-32(5,11-13-35)30(36)37)25(4)40-21-27-9-8-26(19-24(27)3)20-34-14-16-42(38,39)17-15-34/h6,8-9,18-19,22H,1,7,10-17,20-21H2,2-5H3,(H,36,37)/b23-18-,28-25-. The molecule has 3 heterocycles. The highest BCUT2D eigenvalue weighted by molar-refractivity contribution is 7.91. The van der Waals surface area contributed by atoms with Crippen molar-refractivity contribution in [3.05, 3.63) is 76.0 Å². The van der Waals surface area contributed by atoms with Crippen LogP contribution in [0.1, 0.15) is 62.4 Å². The quantitative estimate of drug-likeness (QED) is 0.264. The molecular weight excluding hydrogens is 571 g/mol. The number of aromatic nitrogens is 1. The summed E-state index contributed by atoms with van der Waals surface area (Å²) in [6.45, 7) is 15.5. The Bertz CT molecular complexity index is 1460. The zero-order valence-corrected chi connectivity index (χ0v) is 26.8. The molecule has 228 valence electrons. The number of carboxylic acid groups (broad SMARTS) is 1. The van der Waals surface area contributed by atoms with Gasteiger partial charge in [0.15, 0.2) is 15.0 Å². The molecule has 0 spiro atoms. The summed E-state index contributed by atoms with van der Waals surface area (Å²) in [5.41, 5.74) is 5.42. The van der Waals surface area contributed by atoms with Crippen LogP contribution in [0.3, 0.4) is 0 Å². The fourth-order valence-electron chi connectivity index (χ4n) is 5.31. The van der Waals surface area contributed by atoms with Gasteiger partial charge < -0.3 is 14.7 Å². The van der Waals surface area contributed by atoms with Gasteiger partial charge >= 0.3 is 5.97 Å². The van der Waals surface area contributed by atoms with Crippen molar-refractivity contribution < 1.29 is 23.1 Å². The molecule has 0 aliphatic carbocycles. The molecule has 10 heteroatoms. The number of nitrogens with zero attached hydrogens (tertiary/aromatic N) is 3. The molecule has 0 saturated carbocycles. The molecule has 1 N–H and O–H groups in total. The third kappa shape index (κ3) is 8.11. The minimum absolute atomic E-state index is 0.230. The maximum Gasteiger partial charge on any atom is 0.309 e. The summed E-state index contributed by atoms with van der Waals surface area (Å²) in [7, 11) is -2.89. The maximum absolute atomic E-state index is 11.8. The first-order valence-electron chi connectivity index (χ1n) is 14.5. The highest BCUT2D eigenvalue weighted by atomic mass is 32.2. The molecule has 2 saturated heterocycles. The van der Waals surface area contributed by atoms with E-state index < -0.39 is 21.2 Å². The second-order valence-corrected chi connectivity index (χ2v) is 14.9. The Hall–Kier alpha value is -2.95. The Morgan fingerprint density at radius 2 is 1.93 bits per heavy atom. The molecule has 2 aliphatic rings. The van der Waals surface area contributed by atoms with E-state index in [0.717, 1.165) is 58.4 Å². The van der Waals surface area contributed by atoms with E-state index in [2.05, 4.69) is 41.5 Å². The minimum Gasteiger partial charge on any atom is -0.493 e. The normalized spacial score (nSPS) is 22.3. The van der Waals surface area contributed by atoms with Crippen LogP contribution in [0.15, 0.2) is 53.6 Å². The van der Waals surface area contributed by atoms with Crippen LogP contribution in [0, 0.1) is 12.3 Å². The highest BCUT2D eigenvalue weighted by Gasteiger charge is 2.35. The van der Waals surface area contributed by atoms with Crippen molar-refractivity contribution in [1.29, 1.82) is 0 Å². The van der Waals surface area contributed by atoms with Gasteiger partial charge in [-0.2, -0.15) is 0 Å². The molecule has 2 fully saturated rings. The molecule has 8 nitrogen and oxygen atoms in total. The zero-order chi connectivity index (χ0) is 30.5. The summed E-state index contributed by atoms with van der Waals surface area (Å²) in [6.07, 6.45) is 5.92. The Labute approximate surface area is 254 Å². The molecule has 4 rings (SSSR count). The van der Waals surface area contributed by atoms with Crippen molar-refractivity contribution in [2.45, 2.75) is 60.1 Å². The fourth-order valence-corrected chi connectivity index (χ4v) is 7.46. The van der Waals surface area contributed by atoms with Crippen molar-refractivity contribution in [3.8, 4) is 0 Å². The number of carbonyl (C=O) groups is 1. The van der Waals surface area contributed by atoms with Gasteiger partial charge in [-0.1, -0.05) is 36.4 Å². The Morgan fingerprint density at radius 1 is 1.19 bits per heavy atom. The number of anilines is 1. The summed E-state index contributed by atoms with van der Waals surface area (Å²) in [5, 5.41) is 12.6. The van der Waals surface area contributed by atoms with Gasteiger partial charge in [-0.25, -0.2) is 13.4 Å². The lowest BCUT2D eigenvalue weighted by Gasteiger charge is -2.26. The van der Waals surface area contributed by atoms with Crippen LogP contribution in [0.25, 0.3) is 5.57 Å². The van der Waals surface area contributed by atoms with Crippen molar-refractivity contribution in [3.63, 3.8) is 0 Å². The van der Waals surface area contributed by atoms with E-state index in [-0.39, 0.29) is 11.5 Å². The van der Waals surface area contributed by atoms with Crippen LogP contribution in [-0.4, -0.2) is 67.1 Å². The first kappa shape index (κ1) is 32.0. The lowest BCUT2D eigenvalue weighted by molar-refractivity contribution is -0.148. The van der Waals surface area contributed by atoms with Gasteiger partial charge in [0.05, 0.1) is 22.6 Å². The topological polar surface area (TPSA) is 100 Å². The molecule has 2 aromatic rings. The predicted octanol–water partition coefficient (Wildman–Crippen LogP) is 5.84. The van der Waals surface area contributed by atoms with E-state index in [1.807, 2.05) is 38.3 Å². The number of hydrogen-bond acceptors (Lipinski definition) is 8. The van der Waals surface area contributed by atoms with Crippen LogP contribution in [0.5, 0.6) is 0 Å². The average molecular weight is 614 g/mol. The SMILES string of the molecule is C=C/C(C)=C\C(=C(/C)OCc1ccc(CN2CCS(=O)(=O)CC2)cc1C)c1csc(N2CCCC(C)(C(=O)O)CC2)n1. The third-order valence-corrected chi connectivity index (χ3v) is 10.9. The number of rotatable bonds is 10. The van der Waals surface area contributed by atoms with Crippen LogP contribution < -0.4 is 4.90 Å². The monoisotopic (exact) mass is 613 g/mol. The van der Waals surface area contributed by atoms with E-state index in [9.17, 15) is 18.3 Å². The van der Waals surface area contributed by atoms with Gasteiger partial charge in [0.2, 0.25) is 0 Å². The maximum atomic E-state index is 11.8. The van der Waals surface area contributed by atoms with Gasteiger partial charge in [0.25, 0.3) is 0 Å². The summed E-state index contributed by atoms with van der Waals surface area (Å²) in [6, 6.07) is 6.35. The van der Waals surface area contributed by atoms with E-state index in [4.69, 9.17) is 9.72 Å². The van der Waals surface area contributed by atoms with Crippen LogP contribution in [0.2, 0.25) is 0 Å². The molecule has 42 heavy (non-hydrogen) atoms. The van der Waals surface area contributed by atoms with Gasteiger partial charge in [0, 0.05) is 43.7 Å². The lowest BCUT2D eigenvalue weighted by Crippen LogP contribution is -2.39. The molecular formula is C32H43N3O5S2.